The Morgan fingerprint density at radius 3 is 2.40 bits per heavy atom. The van der Waals surface area contributed by atoms with E-state index in [1.165, 1.54) is 13.8 Å². The van der Waals surface area contributed by atoms with Gasteiger partial charge in [-0.25, -0.2) is 0 Å². The maximum atomic E-state index is 11.1. The number of benzene rings is 2. The highest BCUT2D eigenvalue weighted by molar-refractivity contribution is 5.70. The fourth-order valence-corrected chi connectivity index (χ4v) is 2.85. The number of aliphatic hydroxyl groups excluding tert-OH is 1. The third-order valence-corrected chi connectivity index (χ3v) is 3.91. The van der Waals surface area contributed by atoms with Crippen LogP contribution in [0.2, 0.25) is 0 Å². The van der Waals surface area contributed by atoms with E-state index < -0.39 is 18.0 Å². The predicted molar refractivity (Wildman–Crippen MR) is 88.7 cm³/mol. The van der Waals surface area contributed by atoms with Crippen LogP contribution in [0.25, 0.3) is 0 Å². The van der Waals surface area contributed by atoms with Crippen molar-refractivity contribution in [2.24, 2.45) is 0 Å². The Balaban J connectivity index is 1.85. The Labute approximate surface area is 144 Å². The summed E-state index contributed by atoms with van der Waals surface area (Å²) >= 11 is 0. The van der Waals surface area contributed by atoms with Gasteiger partial charge in [-0.05, 0) is 29.8 Å². The van der Waals surface area contributed by atoms with Crippen molar-refractivity contribution in [1.82, 2.24) is 0 Å². The van der Waals surface area contributed by atoms with E-state index in [1.807, 2.05) is 6.07 Å². The van der Waals surface area contributed by atoms with Gasteiger partial charge in [0.2, 0.25) is 0 Å². The van der Waals surface area contributed by atoms with Gasteiger partial charge in [-0.3, -0.25) is 9.59 Å². The first-order valence-electron chi connectivity index (χ1n) is 7.85. The summed E-state index contributed by atoms with van der Waals surface area (Å²) in [7, 11) is 0. The Kier molecular flexibility index (Phi) is 4.72. The van der Waals surface area contributed by atoms with Crippen LogP contribution in [0.1, 0.15) is 37.0 Å². The van der Waals surface area contributed by atoms with Crippen molar-refractivity contribution in [1.29, 1.82) is 0 Å². The van der Waals surface area contributed by atoms with Crippen molar-refractivity contribution in [2.45, 2.75) is 25.9 Å². The molecular weight excluding hydrogens is 324 g/mol. The van der Waals surface area contributed by atoms with E-state index in [4.69, 9.17) is 14.2 Å². The molecule has 1 unspecified atom stereocenters. The summed E-state index contributed by atoms with van der Waals surface area (Å²) in [6.07, 6.45) is -0.789. The second-order valence-electron chi connectivity index (χ2n) is 5.82. The van der Waals surface area contributed by atoms with Crippen molar-refractivity contribution in [3.63, 3.8) is 0 Å². The lowest BCUT2D eigenvalue weighted by atomic mass is 9.87. The van der Waals surface area contributed by atoms with E-state index in [2.05, 4.69) is 0 Å². The maximum Gasteiger partial charge on any atom is 0.308 e. The Morgan fingerprint density at radius 1 is 1.04 bits per heavy atom. The van der Waals surface area contributed by atoms with Gasteiger partial charge >= 0.3 is 11.9 Å². The summed E-state index contributed by atoms with van der Waals surface area (Å²) in [4.78, 5) is 22.1. The van der Waals surface area contributed by atoms with Gasteiger partial charge in [0.05, 0.1) is 12.7 Å². The average Bonchev–Trinajstić information content (AvgIpc) is 2.54. The van der Waals surface area contributed by atoms with Crippen LogP contribution in [0, 0.1) is 0 Å². The fraction of sp³-hybridized carbons (Fsp3) is 0.263. The van der Waals surface area contributed by atoms with Gasteiger partial charge < -0.3 is 19.3 Å². The second-order valence-corrected chi connectivity index (χ2v) is 5.82. The van der Waals surface area contributed by atoms with E-state index >= 15 is 0 Å². The molecule has 0 saturated heterocycles. The zero-order valence-corrected chi connectivity index (χ0v) is 13.9. The number of fused-ring (bicyclic) bond motifs is 1. The molecule has 1 N–H and O–H groups in total. The number of aliphatic hydroxyl groups is 1. The lowest BCUT2D eigenvalue weighted by Crippen LogP contribution is -2.24. The smallest absolute Gasteiger partial charge is 0.308 e. The summed E-state index contributed by atoms with van der Waals surface area (Å²) in [6, 6.07) is 11.9. The molecule has 0 aliphatic carbocycles. The van der Waals surface area contributed by atoms with Gasteiger partial charge in [-0.15, -0.1) is 0 Å². The van der Waals surface area contributed by atoms with Crippen molar-refractivity contribution in [3.8, 4) is 17.2 Å². The van der Waals surface area contributed by atoms with E-state index in [-0.39, 0.29) is 12.5 Å². The molecule has 1 aliphatic heterocycles. The highest BCUT2D eigenvalue weighted by Gasteiger charge is 2.31. The van der Waals surface area contributed by atoms with Crippen LogP contribution in [0.15, 0.2) is 42.5 Å². The van der Waals surface area contributed by atoms with Crippen LogP contribution < -0.4 is 14.2 Å². The van der Waals surface area contributed by atoms with Gasteiger partial charge in [0.15, 0.2) is 0 Å². The van der Waals surface area contributed by atoms with Crippen LogP contribution in [-0.4, -0.2) is 23.7 Å². The number of rotatable bonds is 3. The van der Waals surface area contributed by atoms with Crippen LogP contribution in [0.4, 0.5) is 0 Å². The standard InChI is InChI=1S/C19H18O6/c1-11(20)24-14-5-3-4-13(8-14)17-10-23-18-9-15(25-12(2)21)6-7-16(18)19(17)22/h3-9,17,19,22H,10H2,1-2H3/t17?,19-/m1/s1. The van der Waals surface area contributed by atoms with Crippen molar-refractivity contribution in [2.75, 3.05) is 6.61 Å². The lowest BCUT2D eigenvalue weighted by molar-refractivity contribution is -0.132. The molecule has 1 aliphatic rings. The zero-order chi connectivity index (χ0) is 18.0. The van der Waals surface area contributed by atoms with Crippen LogP contribution >= 0.6 is 0 Å². The van der Waals surface area contributed by atoms with Gasteiger partial charge in [0, 0.05) is 31.4 Å². The molecule has 2 aromatic carbocycles. The van der Waals surface area contributed by atoms with E-state index in [9.17, 15) is 14.7 Å². The lowest BCUT2D eigenvalue weighted by Gasteiger charge is -2.31. The van der Waals surface area contributed by atoms with Crippen molar-refractivity contribution >= 4 is 11.9 Å². The van der Waals surface area contributed by atoms with E-state index in [1.54, 1.807) is 36.4 Å². The first-order chi connectivity index (χ1) is 11.9. The zero-order valence-electron chi connectivity index (χ0n) is 13.9. The second kappa shape index (κ2) is 6.94. The van der Waals surface area contributed by atoms with Crippen molar-refractivity contribution in [3.05, 3.63) is 53.6 Å². The molecule has 3 rings (SSSR count). The molecule has 1 heterocycles. The Morgan fingerprint density at radius 2 is 1.72 bits per heavy atom. The largest absolute Gasteiger partial charge is 0.492 e. The summed E-state index contributed by atoms with van der Waals surface area (Å²) in [5, 5.41) is 10.7. The first-order valence-corrected chi connectivity index (χ1v) is 7.85. The highest BCUT2D eigenvalue weighted by atomic mass is 16.5. The van der Waals surface area contributed by atoms with Gasteiger partial charge in [0.25, 0.3) is 0 Å². The van der Waals surface area contributed by atoms with Gasteiger partial charge in [0.1, 0.15) is 17.2 Å². The summed E-state index contributed by atoms with van der Waals surface area (Å²) in [5.41, 5.74) is 1.42. The van der Waals surface area contributed by atoms with E-state index in [0.29, 0.717) is 22.8 Å². The van der Waals surface area contributed by atoms with Crippen LogP contribution in [-0.2, 0) is 9.59 Å². The topological polar surface area (TPSA) is 82.1 Å². The Bertz CT molecular complexity index is 813. The van der Waals surface area contributed by atoms with Crippen molar-refractivity contribution < 1.29 is 28.9 Å². The summed E-state index contributed by atoms with van der Waals surface area (Å²) in [5.74, 6) is 0.153. The number of ether oxygens (including phenoxy) is 3. The molecule has 2 atom stereocenters. The average molecular weight is 342 g/mol. The van der Waals surface area contributed by atoms with Gasteiger partial charge in [-0.1, -0.05) is 12.1 Å². The molecule has 25 heavy (non-hydrogen) atoms. The first kappa shape index (κ1) is 17.0. The minimum absolute atomic E-state index is 0.251. The SMILES string of the molecule is CC(=O)Oc1cccc(C2COc3cc(OC(C)=O)ccc3[C@H]2O)c1. The molecule has 130 valence electrons. The molecule has 0 amide bonds. The fourth-order valence-electron chi connectivity index (χ4n) is 2.85. The molecule has 0 spiro atoms. The minimum atomic E-state index is -0.789. The van der Waals surface area contributed by atoms with Crippen LogP contribution in [0.5, 0.6) is 17.2 Å². The molecule has 2 aromatic rings. The predicted octanol–water partition coefficient (Wildman–Crippen LogP) is 2.75. The molecule has 0 bridgehead atoms. The monoisotopic (exact) mass is 342 g/mol. The molecule has 0 aromatic heterocycles. The molecular formula is C19H18O6. The highest BCUT2D eigenvalue weighted by Crippen LogP contribution is 2.42. The minimum Gasteiger partial charge on any atom is -0.492 e. The number of esters is 2. The molecule has 6 nitrogen and oxygen atoms in total. The van der Waals surface area contributed by atoms with Crippen LogP contribution in [0.3, 0.4) is 0 Å². The van der Waals surface area contributed by atoms with E-state index in [0.717, 1.165) is 5.56 Å². The van der Waals surface area contributed by atoms with Gasteiger partial charge in [-0.2, -0.15) is 0 Å². The molecule has 0 fully saturated rings. The summed E-state index contributed by atoms with van der Waals surface area (Å²) < 4.78 is 15.9. The number of hydrogen-bond acceptors (Lipinski definition) is 6. The number of carbonyl (C=O) groups excluding carboxylic acids is 2. The maximum absolute atomic E-state index is 11.1. The quantitative estimate of drug-likeness (QED) is 0.682. The number of carbonyl (C=O) groups is 2. The Hall–Kier alpha value is -2.86. The third-order valence-electron chi connectivity index (χ3n) is 3.91. The molecule has 0 radical (unpaired) electrons. The summed E-state index contributed by atoms with van der Waals surface area (Å²) in [6.45, 7) is 2.91. The normalized spacial score (nSPS) is 18.7. The molecule has 6 heteroatoms. The number of hydrogen-bond donors (Lipinski definition) is 1. The third kappa shape index (κ3) is 3.80. The molecule has 0 saturated carbocycles.